The van der Waals surface area contributed by atoms with Gasteiger partial charge in [0, 0.05) is 30.2 Å². The molecule has 0 bridgehead atoms. The van der Waals surface area contributed by atoms with E-state index in [4.69, 9.17) is 0 Å². The van der Waals surface area contributed by atoms with Crippen molar-refractivity contribution in [3.05, 3.63) is 61.4 Å². The molecule has 2 N–H and O–H groups in total. The van der Waals surface area contributed by atoms with E-state index in [0.717, 1.165) is 5.56 Å². The third kappa shape index (κ3) is 4.27. The Morgan fingerprint density at radius 3 is 2.57 bits per heavy atom. The average Bonchev–Trinajstić information content (AvgIpc) is 3.25. The number of hydrogen-bond donors (Lipinski definition) is 2. The van der Waals surface area contributed by atoms with Crippen LogP contribution in [0.4, 0.5) is 16.4 Å². The van der Waals surface area contributed by atoms with Gasteiger partial charge in [0.1, 0.15) is 23.7 Å². The van der Waals surface area contributed by atoms with Crippen molar-refractivity contribution in [1.82, 2.24) is 34.7 Å². The highest BCUT2D eigenvalue weighted by atomic mass is 16.2. The summed E-state index contributed by atoms with van der Waals surface area (Å²) in [7, 11) is 0. The number of nitrogens with one attached hydrogen (secondary N) is 2. The molecule has 4 heterocycles. The fourth-order valence-corrected chi connectivity index (χ4v) is 2.76. The molecule has 10 heteroatoms. The molecule has 0 atom stereocenters. The van der Waals surface area contributed by atoms with Gasteiger partial charge in [-0.25, -0.2) is 14.8 Å². The maximum Gasteiger partial charge on any atom is 0.326 e. The van der Waals surface area contributed by atoms with Crippen LogP contribution in [-0.2, 0) is 0 Å². The van der Waals surface area contributed by atoms with Crippen molar-refractivity contribution >= 4 is 17.7 Å². The topological polar surface area (TPSA) is 123 Å². The smallest absolute Gasteiger partial charge is 0.310 e. The minimum absolute atomic E-state index is 0.188. The van der Waals surface area contributed by atoms with Gasteiger partial charge in [-0.05, 0) is 38.1 Å². The van der Waals surface area contributed by atoms with Crippen molar-refractivity contribution < 1.29 is 4.79 Å². The number of hydrogen-bond acceptors (Lipinski definition) is 7. The molecule has 4 aromatic heterocycles. The van der Waals surface area contributed by atoms with Gasteiger partial charge in [0.15, 0.2) is 5.82 Å². The Balaban J connectivity index is 1.44. The average molecular weight is 401 g/mol. The quantitative estimate of drug-likeness (QED) is 0.525. The first-order valence-corrected chi connectivity index (χ1v) is 9.27. The van der Waals surface area contributed by atoms with Gasteiger partial charge in [-0.3, -0.25) is 20.6 Å². The summed E-state index contributed by atoms with van der Waals surface area (Å²) in [4.78, 5) is 29.3. The Kier molecular flexibility index (Phi) is 5.37. The summed E-state index contributed by atoms with van der Waals surface area (Å²) in [5, 5.41) is 13.5. The van der Waals surface area contributed by atoms with Crippen LogP contribution in [0.15, 0.2) is 61.4 Å². The summed E-state index contributed by atoms with van der Waals surface area (Å²) in [5.41, 5.74) is 2.12. The molecule has 0 radical (unpaired) electrons. The zero-order valence-corrected chi connectivity index (χ0v) is 16.4. The second-order valence-corrected chi connectivity index (χ2v) is 6.67. The predicted octanol–water partition coefficient (Wildman–Crippen LogP) is 3.42. The van der Waals surface area contributed by atoms with E-state index in [1.54, 1.807) is 49.3 Å². The summed E-state index contributed by atoms with van der Waals surface area (Å²) in [6.07, 6.45) is 8.14. The molecule has 0 aliphatic heterocycles. The number of amides is 2. The van der Waals surface area contributed by atoms with E-state index in [-0.39, 0.29) is 6.04 Å². The highest BCUT2D eigenvalue weighted by molar-refractivity contribution is 5.98. The Bertz CT molecular complexity index is 1140. The van der Waals surface area contributed by atoms with Gasteiger partial charge >= 0.3 is 6.03 Å². The molecule has 0 aliphatic rings. The van der Waals surface area contributed by atoms with E-state index < -0.39 is 6.03 Å². The van der Waals surface area contributed by atoms with Gasteiger partial charge < -0.3 is 4.57 Å². The molecule has 0 aliphatic carbocycles. The summed E-state index contributed by atoms with van der Waals surface area (Å²) in [5.74, 6) is 1.42. The number of carbonyl (C=O) groups is 1. The van der Waals surface area contributed by atoms with E-state index in [1.165, 1.54) is 0 Å². The van der Waals surface area contributed by atoms with Gasteiger partial charge in [-0.1, -0.05) is 6.07 Å². The molecule has 150 valence electrons. The van der Waals surface area contributed by atoms with Crippen LogP contribution in [0.3, 0.4) is 0 Å². The molecule has 0 aromatic carbocycles. The van der Waals surface area contributed by atoms with Crippen LogP contribution in [-0.4, -0.2) is 40.7 Å². The van der Waals surface area contributed by atoms with Crippen molar-refractivity contribution in [1.29, 1.82) is 0 Å². The molecule has 2 amide bonds. The third-order valence-electron chi connectivity index (χ3n) is 4.21. The molecule has 30 heavy (non-hydrogen) atoms. The first-order chi connectivity index (χ1) is 14.6. The molecular weight excluding hydrogens is 382 g/mol. The van der Waals surface area contributed by atoms with E-state index in [2.05, 4.69) is 40.8 Å². The fourth-order valence-electron chi connectivity index (χ4n) is 2.76. The van der Waals surface area contributed by atoms with Gasteiger partial charge in [0.2, 0.25) is 0 Å². The molecule has 0 saturated carbocycles. The van der Waals surface area contributed by atoms with Gasteiger partial charge in [-0.15, -0.1) is 10.2 Å². The first-order valence-electron chi connectivity index (χ1n) is 9.27. The first kappa shape index (κ1) is 19.1. The van der Waals surface area contributed by atoms with E-state index in [0.29, 0.717) is 28.8 Å². The monoisotopic (exact) mass is 401 g/mol. The number of anilines is 2. The summed E-state index contributed by atoms with van der Waals surface area (Å²) < 4.78 is 1.91. The van der Waals surface area contributed by atoms with Crippen LogP contribution in [0, 0.1) is 0 Å². The second-order valence-electron chi connectivity index (χ2n) is 6.67. The van der Waals surface area contributed by atoms with Crippen LogP contribution in [0.5, 0.6) is 0 Å². The maximum atomic E-state index is 12.4. The highest BCUT2D eigenvalue weighted by Gasteiger charge is 2.12. The van der Waals surface area contributed by atoms with Crippen molar-refractivity contribution in [2.45, 2.75) is 19.9 Å². The van der Waals surface area contributed by atoms with Crippen molar-refractivity contribution in [2.75, 3.05) is 10.6 Å². The predicted molar refractivity (Wildman–Crippen MR) is 112 cm³/mol. The van der Waals surface area contributed by atoms with E-state index in [1.807, 2.05) is 30.5 Å². The lowest BCUT2D eigenvalue weighted by molar-refractivity contribution is 0.262. The van der Waals surface area contributed by atoms with Crippen molar-refractivity contribution in [3.8, 4) is 22.8 Å². The molecular formula is C20H19N9O. The summed E-state index contributed by atoms with van der Waals surface area (Å²) in [6.45, 7) is 4.07. The second kappa shape index (κ2) is 8.43. The van der Waals surface area contributed by atoms with Crippen LogP contribution < -0.4 is 10.6 Å². The lowest BCUT2D eigenvalue weighted by Gasteiger charge is -2.11. The lowest BCUT2D eigenvalue weighted by Crippen LogP contribution is -2.20. The number of nitrogens with zero attached hydrogens (tertiary/aromatic N) is 7. The fraction of sp³-hybridized carbons (Fsp3) is 0.150. The van der Waals surface area contributed by atoms with Crippen LogP contribution >= 0.6 is 0 Å². The lowest BCUT2D eigenvalue weighted by atomic mass is 10.2. The number of urea groups is 1. The standard InChI is InChI=1S/C20H19N9O/c1-13(2)29-12-24-28-19(29)15-4-3-5-18(25-15)27-20(30)26-17-7-6-14(10-23-17)16-11-21-8-9-22-16/h3-13H,1-2H3,(H2,23,25,26,27,30). The van der Waals surface area contributed by atoms with Crippen LogP contribution in [0.1, 0.15) is 19.9 Å². The van der Waals surface area contributed by atoms with Crippen LogP contribution in [0.25, 0.3) is 22.8 Å². The van der Waals surface area contributed by atoms with Gasteiger partial charge in [0.25, 0.3) is 0 Å². The molecule has 10 nitrogen and oxygen atoms in total. The third-order valence-corrected chi connectivity index (χ3v) is 4.21. The van der Waals surface area contributed by atoms with E-state index >= 15 is 0 Å². The normalized spacial score (nSPS) is 10.8. The molecule has 0 saturated heterocycles. The Morgan fingerprint density at radius 2 is 1.83 bits per heavy atom. The number of pyridine rings is 2. The summed E-state index contributed by atoms with van der Waals surface area (Å²) >= 11 is 0. The van der Waals surface area contributed by atoms with Crippen LogP contribution in [0.2, 0.25) is 0 Å². The van der Waals surface area contributed by atoms with Crippen molar-refractivity contribution in [2.24, 2.45) is 0 Å². The Hall–Kier alpha value is -4.21. The zero-order valence-electron chi connectivity index (χ0n) is 16.4. The zero-order chi connectivity index (χ0) is 20.9. The minimum atomic E-state index is -0.454. The van der Waals surface area contributed by atoms with Gasteiger partial charge in [0.05, 0.1) is 11.9 Å². The molecule has 4 aromatic rings. The molecule has 0 unspecified atom stereocenters. The number of aromatic nitrogens is 7. The van der Waals surface area contributed by atoms with E-state index in [9.17, 15) is 4.79 Å². The highest BCUT2D eigenvalue weighted by Crippen LogP contribution is 2.20. The molecule has 0 spiro atoms. The minimum Gasteiger partial charge on any atom is -0.310 e. The largest absolute Gasteiger partial charge is 0.326 e. The summed E-state index contributed by atoms with van der Waals surface area (Å²) in [6, 6.07) is 8.55. The number of carbonyl (C=O) groups excluding carboxylic acids is 1. The van der Waals surface area contributed by atoms with Crippen molar-refractivity contribution in [3.63, 3.8) is 0 Å². The van der Waals surface area contributed by atoms with Gasteiger partial charge in [-0.2, -0.15) is 0 Å². The number of rotatable bonds is 5. The Morgan fingerprint density at radius 1 is 0.967 bits per heavy atom. The Labute approximate surface area is 172 Å². The molecule has 4 rings (SSSR count). The maximum absolute atomic E-state index is 12.4. The molecule has 0 fully saturated rings. The SMILES string of the molecule is CC(C)n1cnnc1-c1cccc(NC(=O)Nc2ccc(-c3cnccn3)cn2)n1.